The number of fused-ring (bicyclic) bond motifs is 2. The Morgan fingerprint density at radius 3 is 1.59 bits per heavy atom. The van der Waals surface area contributed by atoms with Crippen molar-refractivity contribution in [3.05, 3.63) is 94.3 Å². The highest BCUT2D eigenvalue weighted by molar-refractivity contribution is 7.51. The molecule has 4 heterocycles. The second-order valence-corrected chi connectivity index (χ2v) is 11.2. The Hall–Kier alpha value is -5.99. The molecule has 0 fully saturated rings. The van der Waals surface area contributed by atoms with Crippen LogP contribution >= 0.6 is 0 Å². The summed E-state index contributed by atoms with van der Waals surface area (Å²) in [6.45, 7) is 6.16. The van der Waals surface area contributed by atoms with Gasteiger partial charge in [0.25, 0.3) is 5.91 Å². The molecule has 6 rings (SSSR count). The number of halogens is 3. The number of aromatic nitrogens is 4. The largest absolute Gasteiger partial charge is 0.478 e. The number of carboxylic acids is 1. The quantitative estimate of drug-likeness (QED) is 0.166. The summed E-state index contributed by atoms with van der Waals surface area (Å²) in [7, 11) is 0. The first-order chi connectivity index (χ1) is 25.7. The number of amides is 1. The zero-order valence-corrected chi connectivity index (χ0v) is 30.4. The van der Waals surface area contributed by atoms with E-state index in [9.17, 15) is 22.8 Å². The van der Waals surface area contributed by atoms with Crippen LogP contribution in [-0.2, 0) is 40.8 Å². The maximum Gasteiger partial charge on any atom is 0.414 e. The van der Waals surface area contributed by atoms with Crippen molar-refractivity contribution in [1.29, 1.82) is 0 Å². The zero-order valence-electron chi connectivity index (χ0n) is 28.8. The smallest absolute Gasteiger partial charge is 0.414 e. The summed E-state index contributed by atoms with van der Waals surface area (Å²) < 4.78 is 80.9. The third-order valence-corrected chi connectivity index (χ3v) is 7.10. The summed E-state index contributed by atoms with van der Waals surface area (Å²) in [6.07, 6.45) is -0.793. The van der Waals surface area contributed by atoms with E-state index in [0.29, 0.717) is 58.3 Å². The van der Waals surface area contributed by atoms with E-state index in [1.165, 1.54) is 18.5 Å². The molecule has 0 aliphatic rings. The van der Waals surface area contributed by atoms with Crippen LogP contribution in [0.1, 0.15) is 56.8 Å². The first-order valence-electron chi connectivity index (χ1n) is 15.5. The van der Waals surface area contributed by atoms with Gasteiger partial charge in [0.15, 0.2) is 17.8 Å². The highest BCUT2D eigenvalue weighted by Gasteiger charge is 2.28. The molecule has 2 aromatic carbocycles. The average Bonchev–Trinajstić information content (AvgIpc) is 3.75. The zero-order chi connectivity index (χ0) is 40.0. The number of rotatable bonds is 8. The summed E-state index contributed by atoms with van der Waals surface area (Å²) >= 11 is -1.50. The molecule has 0 aliphatic carbocycles. The predicted octanol–water partition coefficient (Wildman–Crippen LogP) is 6.10. The molecular weight excluding hydrogens is 760 g/mol. The molecular formula is C34H30F3N5O10S2. The van der Waals surface area contributed by atoms with Crippen molar-refractivity contribution >= 4 is 57.2 Å². The molecule has 284 valence electrons. The number of benzene rings is 2. The Kier molecular flexibility index (Phi) is 15.5. The fraction of sp³-hybridized carbons (Fsp3) is 0.235. The number of nitrogens with one attached hydrogen (secondary N) is 1. The maximum absolute atomic E-state index is 12.1. The minimum atomic E-state index is -4.53. The van der Waals surface area contributed by atoms with Crippen LogP contribution in [0.2, 0.25) is 0 Å². The molecule has 0 radical (unpaired) electrons. The van der Waals surface area contributed by atoms with E-state index in [1.807, 2.05) is 64.1 Å². The molecule has 0 atom stereocenters. The van der Waals surface area contributed by atoms with Gasteiger partial charge in [0, 0.05) is 12.4 Å². The number of aryl methyl sites for hydroxylation is 4. The molecule has 1 amide bonds. The Balaban J connectivity index is 0.000000259. The Morgan fingerprint density at radius 1 is 0.759 bits per heavy atom. The molecule has 2 N–H and O–H groups in total. The van der Waals surface area contributed by atoms with E-state index < -0.39 is 47.8 Å². The number of hydrogen-bond acceptors (Lipinski definition) is 13. The molecule has 0 unspecified atom stereocenters. The molecule has 0 saturated heterocycles. The molecule has 0 spiro atoms. The Labute approximate surface area is 311 Å². The Morgan fingerprint density at radius 2 is 1.19 bits per heavy atom. The lowest BCUT2D eigenvalue weighted by atomic mass is 10.1. The van der Waals surface area contributed by atoms with Crippen molar-refractivity contribution < 1.29 is 58.4 Å². The monoisotopic (exact) mass is 789 g/mol. The standard InChI is InChI=1S/C18H16F3N3O3.C16H14N2O3.2O2S/c1-3-11-7-12(16(25)24-26-9-18(19,20)21)8-22-15(11)17-23-13-6-10(2)4-5-14(13)27-17;1-3-10-7-11(16(19)20)8-17-14(10)15-18-12-6-9(2)4-5-13(12)21-15;2*1-3-2/h4-8H,3,9H2,1-2H3,(H,24,25);4-8H,3H2,1-2H3,(H,19,20);;. The molecule has 20 heteroatoms. The van der Waals surface area contributed by atoms with Crippen molar-refractivity contribution in [2.24, 2.45) is 0 Å². The molecule has 6 aromatic rings. The van der Waals surface area contributed by atoms with Gasteiger partial charge < -0.3 is 13.9 Å². The molecule has 54 heavy (non-hydrogen) atoms. The van der Waals surface area contributed by atoms with Gasteiger partial charge in [-0.2, -0.15) is 30.0 Å². The molecule has 4 aromatic heterocycles. The van der Waals surface area contributed by atoms with Crippen LogP contribution in [0.3, 0.4) is 0 Å². The summed E-state index contributed by atoms with van der Waals surface area (Å²) in [5.41, 5.74) is 9.45. The van der Waals surface area contributed by atoms with Gasteiger partial charge in [0.2, 0.25) is 11.8 Å². The number of hydrogen-bond donors (Lipinski definition) is 2. The Bertz CT molecular complexity index is 2320. The lowest BCUT2D eigenvalue weighted by Crippen LogP contribution is -2.29. The van der Waals surface area contributed by atoms with Gasteiger partial charge in [-0.3, -0.25) is 14.6 Å². The summed E-state index contributed by atoms with van der Waals surface area (Å²) in [5.74, 6) is -1.07. The number of alkyl halides is 3. The number of aromatic carboxylic acids is 1. The lowest BCUT2D eigenvalue weighted by Gasteiger charge is -2.09. The lowest BCUT2D eigenvalue weighted by molar-refractivity contribution is -0.184. The van der Waals surface area contributed by atoms with Crippen LogP contribution in [0.4, 0.5) is 13.2 Å². The van der Waals surface area contributed by atoms with Crippen LogP contribution in [0.15, 0.2) is 69.8 Å². The fourth-order valence-electron chi connectivity index (χ4n) is 4.71. The van der Waals surface area contributed by atoms with Gasteiger partial charge in [0.05, 0.1) is 11.1 Å². The number of carboxylic acid groups (broad SMARTS) is 1. The van der Waals surface area contributed by atoms with E-state index in [4.69, 9.17) is 30.8 Å². The first-order valence-corrected chi connectivity index (χ1v) is 16.8. The van der Waals surface area contributed by atoms with Crippen LogP contribution in [0, 0.1) is 13.8 Å². The first kappa shape index (κ1) is 42.4. The third-order valence-electron chi connectivity index (χ3n) is 7.10. The number of pyridine rings is 2. The highest BCUT2D eigenvalue weighted by Crippen LogP contribution is 2.28. The number of carbonyl (C=O) groups excluding carboxylic acids is 1. The molecule has 0 saturated carbocycles. The second kappa shape index (κ2) is 19.7. The predicted molar refractivity (Wildman–Crippen MR) is 187 cm³/mol. The number of carbonyl (C=O) groups is 2. The maximum atomic E-state index is 12.1. The van der Waals surface area contributed by atoms with Crippen molar-refractivity contribution in [2.75, 3.05) is 6.61 Å². The van der Waals surface area contributed by atoms with E-state index in [0.717, 1.165) is 22.2 Å². The van der Waals surface area contributed by atoms with Gasteiger partial charge in [-0.05, 0) is 85.3 Å². The highest BCUT2D eigenvalue weighted by atomic mass is 32.1. The summed E-state index contributed by atoms with van der Waals surface area (Å²) in [6, 6.07) is 14.5. The van der Waals surface area contributed by atoms with E-state index in [1.54, 1.807) is 11.5 Å². The second-order valence-electron chi connectivity index (χ2n) is 10.9. The SMILES string of the molecule is CCc1cc(C(=O)NOCC(F)(F)F)cnc1-c1nc2cc(C)ccc2o1.CCc1cc(C(=O)O)cnc1-c1nc2cc(C)ccc2o1.O=S=O.O=S=O. The average molecular weight is 790 g/mol. The fourth-order valence-corrected chi connectivity index (χ4v) is 4.71. The van der Waals surface area contributed by atoms with Crippen LogP contribution in [-0.4, -0.2) is 66.5 Å². The van der Waals surface area contributed by atoms with E-state index >= 15 is 0 Å². The van der Waals surface area contributed by atoms with Crippen molar-refractivity contribution in [3.8, 4) is 23.2 Å². The van der Waals surface area contributed by atoms with Crippen LogP contribution < -0.4 is 5.48 Å². The molecule has 0 bridgehead atoms. The van der Waals surface area contributed by atoms with Crippen LogP contribution in [0.5, 0.6) is 0 Å². The van der Waals surface area contributed by atoms with Gasteiger partial charge >= 0.3 is 35.3 Å². The topological polar surface area (TPSA) is 222 Å². The van der Waals surface area contributed by atoms with E-state index in [-0.39, 0.29) is 11.1 Å². The van der Waals surface area contributed by atoms with Crippen molar-refractivity contribution in [3.63, 3.8) is 0 Å². The van der Waals surface area contributed by atoms with Crippen molar-refractivity contribution in [1.82, 2.24) is 25.4 Å². The van der Waals surface area contributed by atoms with E-state index in [2.05, 4.69) is 24.8 Å². The number of nitrogens with zero attached hydrogens (tertiary/aromatic N) is 4. The normalized spacial score (nSPS) is 10.6. The number of oxazole rings is 2. The van der Waals surface area contributed by atoms with Gasteiger partial charge in [-0.15, -0.1) is 0 Å². The van der Waals surface area contributed by atoms with Gasteiger partial charge in [0.1, 0.15) is 22.4 Å². The summed E-state index contributed by atoms with van der Waals surface area (Å²) in [4.78, 5) is 44.4. The molecule has 0 aliphatic heterocycles. The minimum Gasteiger partial charge on any atom is -0.478 e. The molecule has 15 nitrogen and oxygen atoms in total. The van der Waals surface area contributed by atoms with Gasteiger partial charge in [-0.1, -0.05) is 26.0 Å². The van der Waals surface area contributed by atoms with Crippen LogP contribution in [0.25, 0.3) is 45.4 Å². The third kappa shape index (κ3) is 11.8. The summed E-state index contributed by atoms with van der Waals surface area (Å²) in [5, 5.41) is 9.03. The van der Waals surface area contributed by atoms with Crippen molar-refractivity contribution in [2.45, 2.75) is 46.7 Å². The number of hydroxylamine groups is 1. The minimum absolute atomic E-state index is 0.0738. The van der Waals surface area contributed by atoms with Gasteiger partial charge in [-0.25, -0.2) is 25.2 Å².